The first-order valence-corrected chi connectivity index (χ1v) is 12.1. The number of nitrogens with one attached hydrogen (secondary N) is 2. The van der Waals surface area contributed by atoms with Gasteiger partial charge in [0.25, 0.3) is 5.91 Å². The Morgan fingerprint density at radius 3 is 2.34 bits per heavy atom. The van der Waals surface area contributed by atoms with E-state index >= 15 is 0 Å². The number of hydrogen-bond acceptors (Lipinski definition) is 6. The first-order chi connectivity index (χ1) is 16.7. The van der Waals surface area contributed by atoms with Crippen LogP contribution in [-0.4, -0.2) is 59.4 Å². The third-order valence-corrected chi connectivity index (χ3v) is 6.13. The summed E-state index contributed by atoms with van der Waals surface area (Å²) < 4.78 is 5.87. The second-order valence-electron chi connectivity index (χ2n) is 7.67. The Hall–Kier alpha value is -3.31. The molecule has 1 heterocycles. The Bertz CT molecular complexity index is 1120. The molecule has 1 saturated heterocycles. The molecule has 1 fully saturated rings. The van der Waals surface area contributed by atoms with Crippen molar-refractivity contribution in [1.29, 1.82) is 0 Å². The molecule has 2 aromatic rings. The second kappa shape index (κ2) is 11.9. The summed E-state index contributed by atoms with van der Waals surface area (Å²) in [5, 5.41) is 5.69. The zero-order valence-corrected chi connectivity index (χ0v) is 21.6. The lowest BCUT2D eigenvalue weighted by atomic mass is 10.1. The van der Waals surface area contributed by atoms with Crippen molar-refractivity contribution in [2.45, 2.75) is 26.3 Å². The predicted octanol–water partition coefficient (Wildman–Crippen LogP) is 3.09. The Kier molecular flexibility index (Phi) is 8.94. The van der Waals surface area contributed by atoms with Gasteiger partial charge in [-0.3, -0.25) is 19.3 Å². The van der Waals surface area contributed by atoms with Gasteiger partial charge in [0.05, 0.1) is 24.3 Å². The van der Waals surface area contributed by atoms with Crippen LogP contribution in [0.5, 0.6) is 0 Å². The van der Waals surface area contributed by atoms with Gasteiger partial charge in [-0.05, 0) is 67.7 Å². The van der Waals surface area contributed by atoms with E-state index in [2.05, 4.69) is 26.6 Å². The van der Waals surface area contributed by atoms with Gasteiger partial charge in [-0.25, -0.2) is 4.79 Å². The van der Waals surface area contributed by atoms with Gasteiger partial charge in [0.2, 0.25) is 11.8 Å². The molecule has 2 aromatic carbocycles. The maximum Gasteiger partial charge on any atom is 0.338 e. The maximum absolute atomic E-state index is 13.4. The van der Waals surface area contributed by atoms with Gasteiger partial charge < -0.3 is 20.3 Å². The summed E-state index contributed by atoms with van der Waals surface area (Å²) in [5.41, 5.74) is 1.41. The number of rotatable bonds is 9. The summed E-state index contributed by atoms with van der Waals surface area (Å²) in [5.74, 6) is -1.39. The van der Waals surface area contributed by atoms with Gasteiger partial charge in [0.1, 0.15) is 6.04 Å². The van der Waals surface area contributed by atoms with E-state index in [-0.39, 0.29) is 49.0 Å². The molecule has 0 aromatic heterocycles. The number of halogens is 1. The van der Waals surface area contributed by atoms with E-state index in [0.29, 0.717) is 16.9 Å². The van der Waals surface area contributed by atoms with Crippen LogP contribution < -0.4 is 15.5 Å². The molecule has 3 rings (SSSR count). The van der Waals surface area contributed by atoms with Crippen molar-refractivity contribution >= 4 is 68.3 Å². The lowest BCUT2D eigenvalue weighted by Crippen LogP contribution is -2.42. The molecular formula is C24H25BrN4O5S. The van der Waals surface area contributed by atoms with E-state index in [4.69, 9.17) is 17.0 Å². The van der Waals surface area contributed by atoms with Gasteiger partial charge in [0, 0.05) is 30.2 Å². The average molecular weight is 561 g/mol. The molecule has 0 spiro atoms. The van der Waals surface area contributed by atoms with Crippen molar-refractivity contribution < 1.29 is 23.9 Å². The van der Waals surface area contributed by atoms with Gasteiger partial charge in [-0.2, -0.15) is 0 Å². The minimum absolute atomic E-state index is 0.132. The summed E-state index contributed by atoms with van der Waals surface area (Å²) in [6.45, 7) is 3.87. The molecule has 0 saturated carbocycles. The molecule has 9 nitrogen and oxygen atoms in total. The summed E-state index contributed by atoms with van der Waals surface area (Å²) in [7, 11) is 0. The minimum atomic E-state index is -0.851. The number of esters is 1. The van der Waals surface area contributed by atoms with E-state index in [0.717, 1.165) is 4.47 Å². The monoisotopic (exact) mass is 560 g/mol. The SMILES string of the molecule is CCOC(=O)c1ccc(N2C(=O)C(CC(=O)Nc3ccc(Br)cc3)N(CCNC(C)=O)C2=S)cc1. The summed E-state index contributed by atoms with van der Waals surface area (Å²) in [6.07, 6.45) is -0.132. The van der Waals surface area contributed by atoms with Crippen LogP contribution in [0.2, 0.25) is 0 Å². The molecule has 1 unspecified atom stereocenters. The quantitative estimate of drug-likeness (QED) is 0.358. The topological polar surface area (TPSA) is 108 Å². The Balaban J connectivity index is 1.80. The molecule has 2 N–H and O–H groups in total. The van der Waals surface area contributed by atoms with Crippen LogP contribution in [0.4, 0.5) is 11.4 Å². The fourth-order valence-electron chi connectivity index (χ4n) is 3.56. The fraction of sp³-hybridized carbons (Fsp3) is 0.292. The fourth-order valence-corrected chi connectivity index (χ4v) is 4.24. The number of nitrogens with zero attached hydrogens (tertiary/aromatic N) is 2. The highest BCUT2D eigenvalue weighted by Crippen LogP contribution is 2.28. The van der Waals surface area contributed by atoms with E-state index in [1.165, 1.54) is 11.8 Å². The van der Waals surface area contributed by atoms with Gasteiger partial charge in [0.15, 0.2) is 5.11 Å². The normalized spacial score (nSPS) is 15.2. The summed E-state index contributed by atoms with van der Waals surface area (Å²) in [6, 6.07) is 12.6. The van der Waals surface area contributed by atoms with Crippen LogP contribution in [0.1, 0.15) is 30.6 Å². The highest BCUT2D eigenvalue weighted by atomic mass is 79.9. The number of benzene rings is 2. The Labute approximate surface area is 216 Å². The maximum atomic E-state index is 13.4. The molecule has 0 bridgehead atoms. The average Bonchev–Trinajstić information content (AvgIpc) is 3.04. The van der Waals surface area contributed by atoms with Crippen molar-refractivity contribution in [2.75, 3.05) is 29.9 Å². The number of hydrogen-bond donors (Lipinski definition) is 2. The van der Waals surface area contributed by atoms with Gasteiger partial charge in [-0.1, -0.05) is 15.9 Å². The number of carbonyl (C=O) groups is 4. The van der Waals surface area contributed by atoms with Crippen LogP contribution >= 0.6 is 28.1 Å². The van der Waals surface area contributed by atoms with Crippen molar-refractivity contribution in [3.63, 3.8) is 0 Å². The molecular weight excluding hydrogens is 536 g/mol. The summed E-state index contributed by atoms with van der Waals surface area (Å²) >= 11 is 8.94. The Morgan fingerprint density at radius 1 is 1.09 bits per heavy atom. The largest absolute Gasteiger partial charge is 0.462 e. The van der Waals surface area contributed by atoms with Crippen molar-refractivity contribution in [3.8, 4) is 0 Å². The van der Waals surface area contributed by atoms with Crippen LogP contribution in [0.15, 0.2) is 53.0 Å². The molecule has 1 atom stereocenters. The third kappa shape index (κ3) is 6.64. The number of amides is 3. The molecule has 0 radical (unpaired) electrons. The van der Waals surface area contributed by atoms with Crippen molar-refractivity contribution in [3.05, 3.63) is 58.6 Å². The molecule has 3 amide bonds. The van der Waals surface area contributed by atoms with Crippen LogP contribution in [0.3, 0.4) is 0 Å². The lowest BCUT2D eigenvalue weighted by Gasteiger charge is -2.24. The van der Waals surface area contributed by atoms with Gasteiger partial charge >= 0.3 is 5.97 Å². The van der Waals surface area contributed by atoms with Crippen LogP contribution in [0, 0.1) is 0 Å². The number of carbonyl (C=O) groups excluding carboxylic acids is 4. The highest BCUT2D eigenvalue weighted by molar-refractivity contribution is 9.10. The zero-order chi connectivity index (χ0) is 25.5. The number of thiocarbonyl (C=S) groups is 1. The zero-order valence-electron chi connectivity index (χ0n) is 19.2. The summed E-state index contributed by atoms with van der Waals surface area (Å²) in [4.78, 5) is 52.4. The minimum Gasteiger partial charge on any atom is -0.462 e. The molecule has 1 aliphatic heterocycles. The van der Waals surface area contributed by atoms with E-state index in [9.17, 15) is 19.2 Å². The van der Waals surface area contributed by atoms with Crippen LogP contribution in [0.25, 0.3) is 0 Å². The van der Waals surface area contributed by atoms with E-state index in [1.54, 1.807) is 60.4 Å². The standard InChI is InChI=1S/C24H25BrN4O5S/c1-3-34-23(33)16-4-10-19(11-5-16)29-22(32)20(28(24(29)35)13-12-26-15(2)30)14-21(31)27-18-8-6-17(25)7-9-18/h4-11,20H,3,12-14H2,1-2H3,(H,26,30)(H,27,31). The molecule has 0 aliphatic carbocycles. The van der Waals surface area contributed by atoms with Gasteiger partial charge in [-0.15, -0.1) is 0 Å². The van der Waals surface area contributed by atoms with Crippen LogP contribution in [-0.2, 0) is 19.1 Å². The number of anilines is 2. The van der Waals surface area contributed by atoms with E-state index in [1.807, 2.05) is 0 Å². The molecule has 11 heteroatoms. The third-order valence-electron chi connectivity index (χ3n) is 5.19. The molecule has 35 heavy (non-hydrogen) atoms. The lowest BCUT2D eigenvalue weighted by molar-refractivity contribution is -0.124. The smallest absolute Gasteiger partial charge is 0.338 e. The first-order valence-electron chi connectivity index (χ1n) is 10.9. The second-order valence-corrected chi connectivity index (χ2v) is 8.96. The molecule has 184 valence electrons. The molecule has 1 aliphatic rings. The van der Waals surface area contributed by atoms with Crippen molar-refractivity contribution in [2.24, 2.45) is 0 Å². The first kappa shape index (κ1) is 26.3. The number of ether oxygens (including phenoxy) is 1. The van der Waals surface area contributed by atoms with Crippen molar-refractivity contribution in [1.82, 2.24) is 10.2 Å². The highest BCUT2D eigenvalue weighted by Gasteiger charge is 2.44. The van der Waals surface area contributed by atoms with E-state index < -0.39 is 12.0 Å². The predicted molar refractivity (Wildman–Crippen MR) is 139 cm³/mol. The Morgan fingerprint density at radius 2 is 1.74 bits per heavy atom.